The van der Waals surface area contributed by atoms with Crippen molar-refractivity contribution in [1.29, 1.82) is 0 Å². The molecule has 0 bridgehead atoms. The second-order valence-corrected chi connectivity index (χ2v) is 4.72. The van der Waals surface area contributed by atoms with E-state index in [2.05, 4.69) is 4.98 Å². The maximum atomic E-state index is 11.4. The fourth-order valence-electron chi connectivity index (χ4n) is 1.59. The van der Waals surface area contributed by atoms with Gasteiger partial charge in [0.05, 0.1) is 18.8 Å². The van der Waals surface area contributed by atoms with E-state index in [0.29, 0.717) is 18.3 Å². The number of hydrogen-bond donors (Lipinski definition) is 1. The predicted octanol–water partition coefficient (Wildman–Crippen LogP) is 1.58. The monoisotopic (exact) mass is 286 g/mol. The van der Waals surface area contributed by atoms with Crippen LogP contribution in [0.5, 0.6) is 0 Å². The van der Waals surface area contributed by atoms with Crippen LogP contribution in [0.1, 0.15) is 26.0 Å². The number of hydrogen-bond acceptors (Lipinski definition) is 5. The van der Waals surface area contributed by atoms with E-state index in [0.717, 1.165) is 23.9 Å². The zero-order chi connectivity index (χ0) is 14.3. The summed E-state index contributed by atoms with van der Waals surface area (Å²) in [6.07, 6.45) is 2.76. The Morgan fingerprint density at radius 3 is 2.79 bits per heavy atom. The molecule has 0 fully saturated rings. The zero-order valence-electron chi connectivity index (χ0n) is 11.1. The number of aliphatic carboxylic acids is 1. The van der Waals surface area contributed by atoms with Crippen LogP contribution >= 0.6 is 11.8 Å². The van der Waals surface area contributed by atoms with Gasteiger partial charge in [0.1, 0.15) is 0 Å². The first kappa shape index (κ1) is 15.6. The maximum Gasteiger partial charge on any atom is 0.313 e. The van der Waals surface area contributed by atoms with Crippen LogP contribution in [-0.4, -0.2) is 39.0 Å². The van der Waals surface area contributed by atoms with Crippen molar-refractivity contribution in [2.75, 3.05) is 12.4 Å². The Kier molecular flexibility index (Phi) is 6.41. The highest BCUT2D eigenvalue weighted by molar-refractivity contribution is 7.99. The number of aryl methyl sites for hydroxylation is 1. The first-order valence-corrected chi connectivity index (χ1v) is 7.11. The molecule has 1 rings (SSSR count). The van der Waals surface area contributed by atoms with Gasteiger partial charge in [0.2, 0.25) is 0 Å². The van der Waals surface area contributed by atoms with Gasteiger partial charge in [-0.15, -0.1) is 0 Å². The van der Waals surface area contributed by atoms with Crippen molar-refractivity contribution in [3.63, 3.8) is 0 Å². The molecule has 0 saturated heterocycles. The minimum Gasteiger partial charge on any atom is -0.481 e. The minimum atomic E-state index is -0.886. The normalized spacial score (nSPS) is 10.4. The third-order valence-corrected chi connectivity index (χ3v) is 3.41. The molecule has 19 heavy (non-hydrogen) atoms. The van der Waals surface area contributed by atoms with Crippen molar-refractivity contribution in [3.05, 3.63) is 11.9 Å². The molecule has 7 heteroatoms. The Morgan fingerprint density at radius 1 is 1.47 bits per heavy atom. The van der Waals surface area contributed by atoms with Gasteiger partial charge in [0.25, 0.3) is 0 Å². The molecule has 0 aliphatic rings. The fourth-order valence-corrected chi connectivity index (χ4v) is 2.34. The number of rotatable bonds is 8. The molecule has 0 amide bonds. The summed E-state index contributed by atoms with van der Waals surface area (Å²) in [5.74, 6) is -1.19. The van der Waals surface area contributed by atoms with Crippen molar-refractivity contribution < 1.29 is 19.4 Å². The molecule has 1 heterocycles. The predicted molar refractivity (Wildman–Crippen MR) is 71.2 cm³/mol. The van der Waals surface area contributed by atoms with E-state index in [1.54, 1.807) is 13.1 Å². The molecule has 0 atom stereocenters. The van der Waals surface area contributed by atoms with Gasteiger partial charge in [-0.3, -0.25) is 9.59 Å². The number of aromatic nitrogens is 2. The van der Waals surface area contributed by atoms with Gasteiger partial charge in [0.15, 0.2) is 5.16 Å². The Hall–Kier alpha value is -1.50. The standard InChI is InChI=1S/C12H18N2O4S/c1-3-9-7-13-12(19-8-10(15)16)14(9)6-5-11(17)18-4-2/h7H,3-6,8H2,1-2H3,(H,15,16). The lowest BCUT2D eigenvalue weighted by Gasteiger charge is -2.09. The number of nitrogens with zero attached hydrogens (tertiary/aromatic N) is 2. The van der Waals surface area contributed by atoms with Crippen molar-refractivity contribution in [2.24, 2.45) is 0 Å². The number of imidazole rings is 1. The fraction of sp³-hybridized carbons (Fsp3) is 0.583. The molecule has 1 aromatic heterocycles. The van der Waals surface area contributed by atoms with E-state index in [1.807, 2.05) is 11.5 Å². The van der Waals surface area contributed by atoms with E-state index in [4.69, 9.17) is 9.84 Å². The summed E-state index contributed by atoms with van der Waals surface area (Å²) in [4.78, 5) is 26.1. The maximum absolute atomic E-state index is 11.4. The van der Waals surface area contributed by atoms with Crippen LogP contribution in [0.2, 0.25) is 0 Å². The molecule has 0 unspecified atom stereocenters. The van der Waals surface area contributed by atoms with Gasteiger partial charge in [-0.25, -0.2) is 4.98 Å². The van der Waals surface area contributed by atoms with Crippen LogP contribution in [0, 0.1) is 0 Å². The first-order chi connectivity index (χ1) is 9.08. The number of carboxylic acid groups (broad SMARTS) is 1. The minimum absolute atomic E-state index is 0.0421. The van der Waals surface area contributed by atoms with Gasteiger partial charge in [0, 0.05) is 18.4 Å². The topological polar surface area (TPSA) is 81.4 Å². The quantitative estimate of drug-likeness (QED) is 0.577. The van der Waals surface area contributed by atoms with Crippen molar-refractivity contribution in [1.82, 2.24) is 9.55 Å². The van der Waals surface area contributed by atoms with E-state index in [1.165, 1.54) is 0 Å². The summed E-state index contributed by atoms with van der Waals surface area (Å²) >= 11 is 1.16. The van der Waals surface area contributed by atoms with E-state index in [-0.39, 0.29) is 18.1 Å². The van der Waals surface area contributed by atoms with Crippen molar-refractivity contribution in [2.45, 2.75) is 38.4 Å². The van der Waals surface area contributed by atoms with Crippen molar-refractivity contribution in [3.8, 4) is 0 Å². The Labute approximate surface area is 116 Å². The molecular formula is C12H18N2O4S. The summed E-state index contributed by atoms with van der Waals surface area (Å²) in [5, 5.41) is 9.31. The molecule has 1 N–H and O–H groups in total. The molecule has 1 aromatic rings. The largest absolute Gasteiger partial charge is 0.481 e. The Balaban J connectivity index is 2.69. The highest BCUT2D eigenvalue weighted by Crippen LogP contribution is 2.19. The second-order valence-electron chi connectivity index (χ2n) is 3.77. The third kappa shape index (κ3) is 4.94. The molecule has 0 radical (unpaired) electrons. The number of carbonyl (C=O) groups is 2. The summed E-state index contributed by atoms with van der Waals surface area (Å²) in [6, 6.07) is 0. The van der Waals surface area contributed by atoms with Crippen LogP contribution in [0.3, 0.4) is 0 Å². The smallest absolute Gasteiger partial charge is 0.313 e. The highest BCUT2D eigenvalue weighted by atomic mass is 32.2. The first-order valence-electron chi connectivity index (χ1n) is 6.13. The number of ether oxygens (including phenoxy) is 1. The number of carboxylic acids is 1. The van der Waals surface area contributed by atoms with Gasteiger partial charge in [-0.1, -0.05) is 18.7 Å². The van der Waals surface area contributed by atoms with Crippen molar-refractivity contribution >= 4 is 23.7 Å². The lowest BCUT2D eigenvalue weighted by atomic mass is 10.3. The summed E-state index contributed by atoms with van der Waals surface area (Å²) in [7, 11) is 0. The molecule has 0 aliphatic carbocycles. The molecule has 0 spiro atoms. The van der Waals surface area contributed by atoms with Crippen LogP contribution in [0.25, 0.3) is 0 Å². The van der Waals surface area contributed by atoms with Gasteiger partial charge in [-0.05, 0) is 13.3 Å². The number of esters is 1. The molecule has 0 saturated carbocycles. The van der Waals surface area contributed by atoms with Gasteiger partial charge in [-0.2, -0.15) is 0 Å². The van der Waals surface area contributed by atoms with E-state index >= 15 is 0 Å². The van der Waals surface area contributed by atoms with Crippen LogP contribution in [0.4, 0.5) is 0 Å². The van der Waals surface area contributed by atoms with Crippen LogP contribution < -0.4 is 0 Å². The average molecular weight is 286 g/mol. The summed E-state index contributed by atoms with van der Waals surface area (Å²) in [5.41, 5.74) is 0.984. The Morgan fingerprint density at radius 2 is 2.21 bits per heavy atom. The summed E-state index contributed by atoms with van der Waals surface area (Å²) < 4.78 is 6.76. The molecule has 0 aliphatic heterocycles. The van der Waals surface area contributed by atoms with Crippen LogP contribution in [-0.2, 0) is 27.3 Å². The zero-order valence-corrected chi connectivity index (χ0v) is 11.9. The molecule has 106 valence electrons. The average Bonchev–Trinajstić information content (AvgIpc) is 2.76. The second kappa shape index (κ2) is 7.83. The third-order valence-electron chi connectivity index (χ3n) is 2.43. The SMILES string of the molecule is CCOC(=O)CCn1c(CC)cnc1SCC(=O)O. The van der Waals surface area contributed by atoms with Crippen LogP contribution in [0.15, 0.2) is 11.4 Å². The molecule has 0 aromatic carbocycles. The summed E-state index contributed by atoms with van der Waals surface area (Å²) in [6.45, 7) is 4.58. The van der Waals surface area contributed by atoms with E-state index < -0.39 is 5.97 Å². The molecule has 6 nitrogen and oxygen atoms in total. The lowest BCUT2D eigenvalue weighted by molar-refractivity contribution is -0.143. The van der Waals surface area contributed by atoms with Gasteiger partial charge < -0.3 is 14.4 Å². The Bertz CT molecular complexity index is 445. The highest BCUT2D eigenvalue weighted by Gasteiger charge is 2.12. The van der Waals surface area contributed by atoms with Gasteiger partial charge >= 0.3 is 11.9 Å². The number of carbonyl (C=O) groups excluding carboxylic acids is 1. The lowest BCUT2D eigenvalue weighted by Crippen LogP contribution is -2.12. The molecular weight excluding hydrogens is 268 g/mol. The number of thioether (sulfide) groups is 1. The van der Waals surface area contributed by atoms with E-state index in [9.17, 15) is 9.59 Å².